The molecular weight excluding hydrogens is 288 g/mol. The number of benzene rings is 1. The summed E-state index contributed by atoms with van der Waals surface area (Å²) >= 11 is 0. The second-order valence-corrected chi connectivity index (χ2v) is 7.11. The Morgan fingerprint density at radius 1 is 1.04 bits per heavy atom. The number of amides is 2. The first-order chi connectivity index (χ1) is 11.0. The first-order valence-corrected chi connectivity index (χ1v) is 8.59. The van der Waals surface area contributed by atoms with Gasteiger partial charge in [0, 0.05) is 12.5 Å². The predicted molar refractivity (Wildman–Crippen MR) is 92.1 cm³/mol. The van der Waals surface area contributed by atoms with Gasteiger partial charge in [-0.3, -0.25) is 9.59 Å². The molecule has 0 radical (unpaired) electrons. The van der Waals surface area contributed by atoms with Crippen molar-refractivity contribution in [3.05, 3.63) is 35.9 Å². The van der Waals surface area contributed by atoms with Gasteiger partial charge < -0.3 is 10.6 Å². The minimum Gasteiger partial charge on any atom is -0.352 e. The lowest BCUT2D eigenvalue weighted by molar-refractivity contribution is -0.127. The van der Waals surface area contributed by atoms with Crippen LogP contribution in [0.1, 0.15) is 57.9 Å². The number of carbonyl (C=O) groups excluding carboxylic acids is 2. The normalized spacial score (nSPS) is 15.9. The Kier molecular flexibility index (Phi) is 6.20. The third-order valence-electron chi connectivity index (χ3n) is 4.57. The molecular formula is C19H28N2O2. The lowest BCUT2D eigenvalue weighted by Crippen LogP contribution is -2.43. The molecule has 0 bridgehead atoms. The molecule has 126 valence electrons. The van der Waals surface area contributed by atoms with E-state index in [1.807, 2.05) is 44.2 Å². The predicted octanol–water partition coefficient (Wildman–Crippen LogP) is 2.92. The Morgan fingerprint density at radius 2 is 1.70 bits per heavy atom. The monoisotopic (exact) mass is 316 g/mol. The highest BCUT2D eigenvalue weighted by molar-refractivity contribution is 5.85. The molecule has 1 aliphatic carbocycles. The maximum Gasteiger partial charge on any atom is 0.239 e. The van der Waals surface area contributed by atoms with Crippen molar-refractivity contribution in [2.75, 3.05) is 6.54 Å². The molecule has 2 rings (SSSR count). The number of hydrogen-bond donors (Lipinski definition) is 2. The number of rotatable bonds is 6. The Labute approximate surface area is 139 Å². The highest BCUT2D eigenvalue weighted by Gasteiger charge is 2.24. The summed E-state index contributed by atoms with van der Waals surface area (Å²) in [6.07, 6.45) is 6.11. The van der Waals surface area contributed by atoms with E-state index in [0.29, 0.717) is 6.42 Å². The van der Waals surface area contributed by atoms with Crippen LogP contribution in [0.2, 0.25) is 0 Å². The van der Waals surface area contributed by atoms with Crippen LogP contribution in [0.25, 0.3) is 0 Å². The second kappa shape index (κ2) is 8.14. The molecule has 2 N–H and O–H groups in total. The molecule has 0 heterocycles. The van der Waals surface area contributed by atoms with Crippen LogP contribution in [0.15, 0.2) is 30.3 Å². The van der Waals surface area contributed by atoms with Crippen molar-refractivity contribution in [3.8, 4) is 0 Å². The molecule has 0 saturated heterocycles. The van der Waals surface area contributed by atoms with Gasteiger partial charge in [-0.1, -0.05) is 63.4 Å². The van der Waals surface area contributed by atoms with Crippen molar-refractivity contribution >= 4 is 11.8 Å². The summed E-state index contributed by atoms with van der Waals surface area (Å²) in [5, 5.41) is 5.76. The Balaban J connectivity index is 1.75. The summed E-state index contributed by atoms with van der Waals surface area (Å²) < 4.78 is 0. The molecule has 0 atom stereocenters. The van der Waals surface area contributed by atoms with E-state index in [9.17, 15) is 9.59 Å². The van der Waals surface area contributed by atoms with E-state index in [1.165, 1.54) is 19.3 Å². The molecule has 1 aromatic carbocycles. The van der Waals surface area contributed by atoms with Crippen LogP contribution in [-0.2, 0) is 15.0 Å². The van der Waals surface area contributed by atoms with Gasteiger partial charge in [0.15, 0.2) is 0 Å². The third-order valence-corrected chi connectivity index (χ3v) is 4.57. The van der Waals surface area contributed by atoms with Gasteiger partial charge >= 0.3 is 0 Å². The van der Waals surface area contributed by atoms with Gasteiger partial charge in [0.05, 0.1) is 6.54 Å². The van der Waals surface area contributed by atoms with Crippen molar-refractivity contribution < 1.29 is 9.59 Å². The van der Waals surface area contributed by atoms with Crippen molar-refractivity contribution in [2.45, 2.75) is 63.8 Å². The van der Waals surface area contributed by atoms with Crippen LogP contribution in [0.4, 0.5) is 0 Å². The van der Waals surface area contributed by atoms with E-state index in [2.05, 4.69) is 10.6 Å². The number of hydrogen-bond acceptors (Lipinski definition) is 2. The molecule has 1 aromatic rings. The topological polar surface area (TPSA) is 58.2 Å². The van der Waals surface area contributed by atoms with Crippen LogP contribution in [0.3, 0.4) is 0 Å². The van der Waals surface area contributed by atoms with E-state index >= 15 is 0 Å². The van der Waals surface area contributed by atoms with Crippen LogP contribution < -0.4 is 10.6 Å². The Hall–Kier alpha value is -1.84. The van der Waals surface area contributed by atoms with Gasteiger partial charge in [0.25, 0.3) is 0 Å². The summed E-state index contributed by atoms with van der Waals surface area (Å²) in [7, 11) is 0. The molecule has 4 nitrogen and oxygen atoms in total. The largest absolute Gasteiger partial charge is 0.352 e. The van der Waals surface area contributed by atoms with Crippen molar-refractivity contribution in [2.24, 2.45) is 0 Å². The van der Waals surface area contributed by atoms with E-state index < -0.39 is 0 Å². The van der Waals surface area contributed by atoms with E-state index in [1.54, 1.807) is 0 Å². The van der Waals surface area contributed by atoms with Crippen LogP contribution in [-0.4, -0.2) is 24.4 Å². The molecule has 23 heavy (non-hydrogen) atoms. The fourth-order valence-corrected chi connectivity index (χ4v) is 3.16. The first kappa shape index (κ1) is 17.5. The highest BCUT2D eigenvalue weighted by atomic mass is 16.2. The Bertz CT molecular complexity index is 519. The smallest absolute Gasteiger partial charge is 0.239 e. The second-order valence-electron chi connectivity index (χ2n) is 7.11. The third kappa shape index (κ3) is 5.70. The van der Waals surface area contributed by atoms with Gasteiger partial charge in [-0.05, 0) is 23.8 Å². The van der Waals surface area contributed by atoms with Gasteiger partial charge in [-0.15, -0.1) is 0 Å². The summed E-state index contributed by atoms with van der Waals surface area (Å²) in [4.78, 5) is 24.1. The average Bonchev–Trinajstić information content (AvgIpc) is 2.54. The van der Waals surface area contributed by atoms with Crippen molar-refractivity contribution in [1.29, 1.82) is 0 Å². The molecule has 1 fully saturated rings. The van der Waals surface area contributed by atoms with Crippen molar-refractivity contribution in [3.63, 3.8) is 0 Å². The molecule has 0 aromatic heterocycles. The molecule has 0 unspecified atom stereocenters. The molecule has 0 spiro atoms. The molecule has 0 aliphatic heterocycles. The van der Waals surface area contributed by atoms with Crippen molar-refractivity contribution in [1.82, 2.24) is 10.6 Å². The molecule has 1 aliphatic rings. The minimum absolute atomic E-state index is 0.0696. The van der Waals surface area contributed by atoms with E-state index in [0.717, 1.165) is 18.4 Å². The zero-order chi connectivity index (χ0) is 16.7. The summed E-state index contributed by atoms with van der Waals surface area (Å²) in [5.41, 5.74) is 0.882. The molecule has 2 amide bonds. The van der Waals surface area contributed by atoms with E-state index in [-0.39, 0.29) is 29.8 Å². The molecule has 1 saturated carbocycles. The Morgan fingerprint density at radius 3 is 2.35 bits per heavy atom. The highest BCUT2D eigenvalue weighted by Crippen LogP contribution is 2.26. The average molecular weight is 316 g/mol. The fraction of sp³-hybridized carbons (Fsp3) is 0.579. The minimum atomic E-state index is -0.245. The van der Waals surface area contributed by atoms with E-state index in [4.69, 9.17) is 0 Å². The van der Waals surface area contributed by atoms with Gasteiger partial charge in [-0.2, -0.15) is 0 Å². The fourth-order valence-electron chi connectivity index (χ4n) is 3.16. The number of nitrogens with one attached hydrogen (secondary N) is 2. The van der Waals surface area contributed by atoms with Crippen LogP contribution in [0, 0.1) is 0 Å². The quantitative estimate of drug-likeness (QED) is 0.848. The van der Waals surface area contributed by atoms with Gasteiger partial charge in [0.2, 0.25) is 11.8 Å². The summed E-state index contributed by atoms with van der Waals surface area (Å²) in [6.45, 7) is 4.16. The summed E-state index contributed by atoms with van der Waals surface area (Å²) in [5.74, 6) is -0.166. The lowest BCUT2D eigenvalue weighted by Gasteiger charge is -2.25. The maximum atomic E-state index is 12.1. The van der Waals surface area contributed by atoms with Gasteiger partial charge in [-0.25, -0.2) is 0 Å². The maximum absolute atomic E-state index is 12.1. The molecule has 4 heteroatoms. The lowest BCUT2D eigenvalue weighted by atomic mass is 9.81. The number of carbonyl (C=O) groups is 2. The van der Waals surface area contributed by atoms with Gasteiger partial charge in [0.1, 0.15) is 0 Å². The zero-order valence-electron chi connectivity index (χ0n) is 14.2. The van der Waals surface area contributed by atoms with Crippen LogP contribution in [0.5, 0.6) is 0 Å². The zero-order valence-corrected chi connectivity index (χ0v) is 14.2. The summed E-state index contributed by atoms with van der Waals surface area (Å²) in [6, 6.07) is 10.3. The standard InChI is InChI=1S/C19H28N2O2/c1-19(2,15-9-5-3-6-10-15)13-17(22)20-14-18(23)21-16-11-7-4-8-12-16/h3,5-6,9-10,16H,4,7-8,11-14H2,1-2H3,(H,20,22)(H,21,23). The SMILES string of the molecule is CC(C)(CC(=O)NCC(=O)NC1CCCCC1)c1ccccc1. The van der Waals surface area contributed by atoms with Crippen LogP contribution >= 0.6 is 0 Å². The first-order valence-electron chi connectivity index (χ1n) is 8.59.